The Morgan fingerprint density at radius 3 is 2.62 bits per heavy atom. The minimum absolute atomic E-state index is 0.171. The van der Waals surface area contributed by atoms with Crippen molar-refractivity contribution in [3.63, 3.8) is 0 Å². The molecule has 0 saturated heterocycles. The van der Waals surface area contributed by atoms with Crippen molar-refractivity contribution >= 4 is 21.9 Å². The van der Waals surface area contributed by atoms with Crippen LogP contribution in [0.3, 0.4) is 0 Å². The van der Waals surface area contributed by atoms with Crippen LogP contribution in [0, 0.1) is 12.8 Å². The zero-order valence-corrected chi connectivity index (χ0v) is 11.2. The Balaban J connectivity index is 3.12. The third-order valence-corrected chi connectivity index (χ3v) is 3.27. The molecular weight excluding hydrogens is 270 g/mol. The molecule has 0 bridgehead atoms. The van der Waals surface area contributed by atoms with Crippen LogP contribution in [0.4, 0.5) is 0 Å². The Bertz CT molecular complexity index is 393. The molecule has 0 fully saturated rings. The lowest BCUT2D eigenvalue weighted by molar-refractivity contribution is -0.142. The van der Waals surface area contributed by atoms with Crippen LogP contribution in [0.15, 0.2) is 22.7 Å². The van der Waals surface area contributed by atoms with Gasteiger partial charge in [0.15, 0.2) is 0 Å². The van der Waals surface area contributed by atoms with Gasteiger partial charge in [0, 0.05) is 10.5 Å². The third-order valence-electron chi connectivity index (χ3n) is 2.78. The molecule has 16 heavy (non-hydrogen) atoms. The highest BCUT2D eigenvalue weighted by molar-refractivity contribution is 9.10. The van der Waals surface area contributed by atoms with Crippen molar-refractivity contribution in [1.29, 1.82) is 0 Å². The number of nitrogens with one attached hydrogen (secondary N) is 1. The van der Waals surface area contributed by atoms with Gasteiger partial charge in [0.2, 0.25) is 0 Å². The number of hydrogen-bond donors (Lipinski definition) is 2. The third kappa shape index (κ3) is 2.83. The van der Waals surface area contributed by atoms with Crippen LogP contribution in [-0.2, 0) is 4.79 Å². The molecule has 0 saturated carbocycles. The Kier molecular flexibility index (Phi) is 4.50. The maximum Gasteiger partial charge on any atom is 0.308 e. The normalized spacial score (nSPS) is 14.5. The number of rotatable bonds is 4. The van der Waals surface area contributed by atoms with Crippen LogP contribution < -0.4 is 5.32 Å². The smallest absolute Gasteiger partial charge is 0.308 e. The van der Waals surface area contributed by atoms with E-state index < -0.39 is 11.9 Å². The fourth-order valence-corrected chi connectivity index (χ4v) is 2.14. The predicted molar refractivity (Wildman–Crippen MR) is 67.5 cm³/mol. The monoisotopic (exact) mass is 285 g/mol. The number of halogens is 1. The minimum atomic E-state index is -0.793. The molecule has 0 aromatic heterocycles. The summed E-state index contributed by atoms with van der Waals surface area (Å²) in [6.45, 7) is 3.70. The Hall–Kier alpha value is -0.870. The molecule has 3 nitrogen and oxygen atoms in total. The first-order valence-corrected chi connectivity index (χ1v) is 5.92. The second kappa shape index (κ2) is 5.46. The molecule has 1 aromatic carbocycles. The number of hydrogen-bond acceptors (Lipinski definition) is 2. The molecule has 2 N–H and O–H groups in total. The average molecular weight is 286 g/mol. The number of benzene rings is 1. The van der Waals surface area contributed by atoms with E-state index in [2.05, 4.69) is 21.2 Å². The minimum Gasteiger partial charge on any atom is -0.481 e. The number of carboxylic acid groups (broad SMARTS) is 1. The quantitative estimate of drug-likeness (QED) is 0.894. The van der Waals surface area contributed by atoms with Gasteiger partial charge in [0.25, 0.3) is 0 Å². The summed E-state index contributed by atoms with van der Waals surface area (Å²) in [6.07, 6.45) is 0. The molecule has 88 valence electrons. The molecule has 0 aliphatic rings. The van der Waals surface area contributed by atoms with Crippen LogP contribution in [0.25, 0.3) is 0 Å². The zero-order valence-electron chi connectivity index (χ0n) is 9.62. The van der Waals surface area contributed by atoms with E-state index in [-0.39, 0.29) is 6.04 Å². The van der Waals surface area contributed by atoms with Gasteiger partial charge in [-0.25, -0.2) is 0 Å². The standard InChI is InChI=1S/C12H16BrNO2/c1-7-4-5-9(13)6-10(7)11(14-3)8(2)12(15)16/h4-6,8,11,14H,1-3H3,(H,15,16). The van der Waals surface area contributed by atoms with E-state index in [0.29, 0.717) is 0 Å². The van der Waals surface area contributed by atoms with Crippen molar-refractivity contribution in [2.45, 2.75) is 19.9 Å². The van der Waals surface area contributed by atoms with Gasteiger partial charge < -0.3 is 10.4 Å². The second-order valence-electron chi connectivity index (χ2n) is 3.89. The summed E-state index contributed by atoms with van der Waals surface area (Å²) in [7, 11) is 1.78. The highest BCUT2D eigenvalue weighted by atomic mass is 79.9. The summed E-state index contributed by atoms with van der Waals surface area (Å²) in [5, 5.41) is 12.1. The van der Waals surface area contributed by atoms with Gasteiger partial charge in [-0.1, -0.05) is 28.9 Å². The van der Waals surface area contributed by atoms with E-state index in [4.69, 9.17) is 5.11 Å². The summed E-state index contributed by atoms with van der Waals surface area (Å²) < 4.78 is 0.964. The second-order valence-corrected chi connectivity index (χ2v) is 4.81. The highest BCUT2D eigenvalue weighted by Crippen LogP contribution is 2.27. The topological polar surface area (TPSA) is 49.3 Å². The van der Waals surface area contributed by atoms with E-state index >= 15 is 0 Å². The molecule has 0 spiro atoms. The van der Waals surface area contributed by atoms with Crippen molar-refractivity contribution in [2.75, 3.05) is 7.05 Å². The predicted octanol–water partition coefficient (Wildman–Crippen LogP) is 2.74. The molecule has 0 amide bonds. The first-order chi connectivity index (χ1) is 7.47. The molecule has 1 aromatic rings. The average Bonchev–Trinajstić information content (AvgIpc) is 2.23. The Morgan fingerprint density at radius 1 is 1.50 bits per heavy atom. The van der Waals surface area contributed by atoms with Crippen molar-refractivity contribution in [1.82, 2.24) is 5.32 Å². The van der Waals surface area contributed by atoms with Gasteiger partial charge >= 0.3 is 5.97 Å². The van der Waals surface area contributed by atoms with Crippen molar-refractivity contribution < 1.29 is 9.90 Å². The molecule has 0 aliphatic heterocycles. The van der Waals surface area contributed by atoms with Gasteiger partial charge in [-0.05, 0) is 37.2 Å². The maximum atomic E-state index is 11.0. The van der Waals surface area contributed by atoms with Gasteiger partial charge in [-0.3, -0.25) is 4.79 Å². The van der Waals surface area contributed by atoms with Crippen LogP contribution >= 0.6 is 15.9 Å². The van der Waals surface area contributed by atoms with Crippen LogP contribution in [0.2, 0.25) is 0 Å². The summed E-state index contributed by atoms with van der Waals surface area (Å²) in [6, 6.07) is 5.74. The SMILES string of the molecule is CNC(c1cc(Br)ccc1C)C(C)C(=O)O. The first-order valence-electron chi connectivity index (χ1n) is 5.13. The molecule has 2 atom stereocenters. The number of aryl methyl sites for hydroxylation is 1. The lowest BCUT2D eigenvalue weighted by Crippen LogP contribution is -2.29. The van der Waals surface area contributed by atoms with Crippen molar-refractivity contribution in [2.24, 2.45) is 5.92 Å². The fourth-order valence-electron chi connectivity index (χ4n) is 1.76. The van der Waals surface area contributed by atoms with Crippen LogP contribution in [-0.4, -0.2) is 18.1 Å². The van der Waals surface area contributed by atoms with Crippen LogP contribution in [0.1, 0.15) is 24.1 Å². The number of aliphatic carboxylic acids is 1. The zero-order chi connectivity index (χ0) is 12.3. The lowest BCUT2D eigenvalue weighted by atomic mass is 9.92. The van der Waals surface area contributed by atoms with E-state index in [1.165, 1.54) is 0 Å². The summed E-state index contributed by atoms with van der Waals surface area (Å²) >= 11 is 3.40. The molecule has 0 heterocycles. The molecule has 2 unspecified atom stereocenters. The van der Waals surface area contributed by atoms with Gasteiger partial charge in [-0.15, -0.1) is 0 Å². The first kappa shape index (κ1) is 13.2. The van der Waals surface area contributed by atoms with Gasteiger partial charge in [0.1, 0.15) is 0 Å². The highest BCUT2D eigenvalue weighted by Gasteiger charge is 2.24. The van der Waals surface area contributed by atoms with Crippen molar-refractivity contribution in [3.8, 4) is 0 Å². The molecule has 4 heteroatoms. The molecular formula is C12H16BrNO2. The molecule has 1 rings (SSSR count). The summed E-state index contributed by atoms with van der Waals surface area (Å²) in [4.78, 5) is 11.0. The lowest BCUT2D eigenvalue weighted by Gasteiger charge is -2.22. The fraction of sp³-hybridized carbons (Fsp3) is 0.417. The van der Waals surface area contributed by atoms with Crippen molar-refractivity contribution in [3.05, 3.63) is 33.8 Å². The van der Waals surface area contributed by atoms with Gasteiger partial charge in [0.05, 0.1) is 5.92 Å². The Labute approximate surface area is 104 Å². The molecule has 0 radical (unpaired) electrons. The van der Waals surface area contributed by atoms with Gasteiger partial charge in [-0.2, -0.15) is 0 Å². The number of carbonyl (C=O) groups is 1. The number of carboxylic acids is 1. The molecule has 0 aliphatic carbocycles. The van der Waals surface area contributed by atoms with E-state index in [1.807, 2.05) is 25.1 Å². The summed E-state index contributed by atoms with van der Waals surface area (Å²) in [5.41, 5.74) is 2.11. The van der Waals surface area contributed by atoms with E-state index in [9.17, 15) is 4.79 Å². The van der Waals surface area contributed by atoms with E-state index in [1.54, 1.807) is 14.0 Å². The maximum absolute atomic E-state index is 11.0. The Morgan fingerprint density at radius 2 is 2.12 bits per heavy atom. The van der Waals surface area contributed by atoms with Crippen LogP contribution in [0.5, 0.6) is 0 Å². The largest absolute Gasteiger partial charge is 0.481 e. The summed E-state index contributed by atoms with van der Waals surface area (Å²) in [5.74, 6) is -1.25. The van der Waals surface area contributed by atoms with E-state index in [0.717, 1.165) is 15.6 Å².